The number of aromatic nitrogens is 2. The van der Waals surface area contributed by atoms with E-state index in [1.165, 1.54) is 11.3 Å². The van der Waals surface area contributed by atoms with Gasteiger partial charge in [0.15, 0.2) is 0 Å². The molecule has 6 heteroatoms. The molecule has 0 spiro atoms. The van der Waals surface area contributed by atoms with Gasteiger partial charge in [0, 0.05) is 16.2 Å². The first-order chi connectivity index (χ1) is 9.12. The molecule has 0 atom stereocenters. The van der Waals surface area contributed by atoms with Crippen molar-refractivity contribution >= 4 is 28.6 Å². The molecule has 0 aliphatic carbocycles. The molecule has 0 unspecified atom stereocenters. The van der Waals surface area contributed by atoms with E-state index in [0.29, 0.717) is 5.69 Å². The molecule has 0 amide bonds. The lowest BCUT2D eigenvalue weighted by Gasteiger charge is -2.15. The number of rotatable bonds is 3. The summed E-state index contributed by atoms with van der Waals surface area (Å²) in [6, 6.07) is 0. The fourth-order valence-corrected chi connectivity index (χ4v) is 3.42. The smallest absolute Gasteiger partial charge is 0.315 e. The van der Waals surface area contributed by atoms with Gasteiger partial charge in [0.05, 0.1) is 10.7 Å². The van der Waals surface area contributed by atoms with E-state index in [0.717, 1.165) is 15.7 Å². The van der Waals surface area contributed by atoms with E-state index >= 15 is 0 Å². The van der Waals surface area contributed by atoms with Gasteiger partial charge in [0.1, 0.15) is 16.1 Å². The summed E-state index contributed by atoms with van der Waals surface area (Å²) in [5, 5.41) is 14.9. The zero-order chi connectivity index (χ0) is 15.1. The van der Waals surface area contributed by atoms with E-state index in [4.69, 9.17) is 0 Å². The lowest BCUT2D eigenvalue weighted by Crippen LogP contribution is -2.28. The van der Waals surface area contributed by atoms with Gasteiger partial charge >= 0.3 is 5.97 Å². The van der Waals surface area contributed by atoms with E-state index in [1.807, 2.05) is 5.38 Å². The molecular formula is C14H18N2O2S2. The van der Waals surface area contributed by atoms with Crippen LogP contribution in [0.5, 0.6) is 0 Å². The van der Waals surface area contributed by atoms with Crippen molar-refractivity contribution in [3.05, 3.63) is 21.5 Å². The van der Waals surface area contributed by atoms with E-state index in [-0.39, 0.29) is 5.41 Å². The topological polar surface area (TPSA) is 63.1 Å². The third kappa shape index (κ3) is 2.76. The fraction of sp³-hybridized carbons (Fsp3) is 0.500. The average molecular weight is 310 g/mol. The second-order valence-electron chi connectivity index (χ2n) is 6.26. The van der Waals surface area contributed by atoms with Gasteiger partial charge in [-0.05, 0) is 13.8 Å². The van der Waals surface area contributed by atoms with Crippen LogP contribution in [0.3, 0.4) is 0 Å². The SMILES string of the molecule is CC(C)(C)c1nc(-c2nc(C(C)(C)C(=O)O)cs2)cs1. The van der Waals surface area contributed by atoms with Crippen LogP contribution in [0.4, 0.5) is 0 Å². The second-order valence-corrected chi connectivity index (χ2v) is 7.97. The predicted octanol–water partition coefficient (Wildman–Crippen LogP) is 3.93. The van der Waals surface area contributed by atoms with E-state index in [1.54, 1.807) is 30.6 Å². The fourth-order valence-electron chi connectivity index (χ4n) is 1.50. The van der Waals surface area contributed by atoms with Crippen LogP contribution in [0.25, 0.3) is 10.7 Å². The van der Waals surface area contributed by atoms with E-state index < -0.39 is 11.4 Å². The van der Waals surface area contributed by atoms with Crippen molar-refractivity contribution in [2.75, 3.05) is 0 Å². The Balaban J connectivity index is 2.34. The Hall–Kier alpha value is -1.27. The van der Waals surface area contributed by atoms with Crippen LogP contribution in [0.15, 0.2) is 10.8 Å². The second kappa shape index (κ2) is 4.93. The summed E-state index contributed by atoms with van der Waals surface area (Å²) in [6.07, 6.45) is 0. The standard InChI is InChI=1S/C14H18N2O2S2/c1-13(2,3)11-15-8(6-20-11)10-16-9(7-19-10)14(4,5)12(17)18/h6-7H,1-5H3,(H,17,18). The highest BCUT2D eigenvalue weighted by Gasteiger charge is 2.32. The molecule has 1 N–H and O–H groups in total. The molecule has 108 valence electrons. The molecule has 0 fully saturated rings. The summed E-state index contributed by atoms with van der Waals surface area (Å²) in [5.41, 5.74) is 0.453. The molecule has 0 saturated carbocycles. The van der Waals surface area contributed by atoms with Gasteiger partial charge in [-0.15, -0.1) is 22.7 Å². The van der Waals surface area contributed by atoms with Crippen molar-refractivity contribution < 1.29 is 9.90 Å². The molecular weight excluding hydrogens is 292 g/mol. The molecule has 2 heterocycles. The minimum atomic E-state index is -0.975. The number of carbonyl (C=O) groups is 1. The normalized spacial score (nSPS) is 12.7. The van der Waals surface area contributed by atoms with Crippen LogP contribution >= 0.6 is 22.7 Å². The van der Waals surface area contributed by atoms with Crippen molar-refractivity contribution in [2.45, 2.75) is 45.4 Å². The molecule has 2 rings (SSSR count). The maximum atomic E-state index is 11.3. The van der Waals surface area contributed by atoms with Gasteiger partial charge in [0.25, 0.3) is 0 Å². The predicted molar refractivity (Wildman–Crippen MR) is 82.6 cm³/mol. The first-order valence-corrected chi connectivity index (χ1v) is 8.04. The minimum Gasteiger partial charge on any atom is -0.481 e. The van der Waals surface area contributed by atoms with Crippen LogP contribution in [-0.2, 0) is 15.6 Å². The summed E-state index contributed by atoms with van der Waals surface area (Å²) in [6.45, 7) is 9.69. The summed E-state index contributed by atoms with van der Waals surface area (Å²) < 4.78 is 0. The van der Waals surface area contributed by atoms with Crippen LogP contribution in [0.2, 0.25) is 0 Å². The molecule has 4 nitrogen and oxygen atoms in total. The Morgan fingerprint density at radius 1 is 1.10 bits per heavy atom. The molecule has 2 aromatic heterocycles. The number of hydrogen-bond acceptors (Lipinski definition) is 5. The lowest BCUT2D eigenvalue weighted by molar-refractivity contribution is -0.142. The zero-order valence-electron chi connectivity index (χ0n) is 12.2. The van der Waals surface area contributed by atoms with Crippen LogP contribution in [-0.4, -0.2) is 21.0 Å². The van der Waals surface area contributed by atoms with Gasteiger partial charge in [-0.1, -0.05) is 20.8 Å². The Labute approximate surface area is 126 Å². The molecule has 0 radical (unpaired) electrons. The Morgan fingerprint density at radius 2 is 1.75 bits per heavy atom. The molecule has 0 aliphatic rings. The van der Waals surface area contributed by atoms with Crippen LogP contribution in [0.1, 0.15) is 45.3 Å². The van der Waals surface area contributed by atoms with E-state index in [9.17, 15) is 9.90 Å². The van der Waals surface area contributed by atoms with Crippen molar-refractivity contribution in [1.82, 2.24) is 9.97 Å². The van der Waals surface area contributed by atoms with Gasteiger partial charge in [-0.2, -0.15) is 0 Å². The Kier molecular flexibility index (Phi) is 3.73. The summed E-state index contributed by atoms with van der Waals surface area (Å²) in [4.78, 5) is 20.3. The van der Waals surface area contributed by atoms with Gasteiger partial charge in [-0.25, -0.2) is 9.97 Å². The molecule has 0 bridgehead atoms. The third-order valence-electron chi connectivity index (χ3n) is 3.04. The van der Waals surface area contributed by atoms with Crippen molar-refractivity contribution in [3.63, 3.8) is 0 Å². The highest BCUT2D eigenvalue weighted by molar-refractivity contribution is 7.14. The molecule has 2 aromatic rings. The number of nitrogens with zero attached hydrogens (tertiary/aromatic N) is 2. The summed E-state index contributed by atoms with van der Waals surface area (Å²) in [7, 11) is 0. The molecule has 0 aromatic carbocycles. The highest BCUT2D eigenvalue weighted by Crippen LogP contribution is 2.33. The average Bonchev–Trinajstić information content (AvgIpc) is 2.96. The van der Waals surface area contributed by atoms with E-state index in [2.05, 4.69) is 30.7 Å². The number of thiazole rings is 2. The highest BCUT2D eigenvalue weighted by atomic mass is 32.1. The number of aliphatic carboxylic acids is 1. The minimum absolute atomic E-state index is 0.0172. The lowest BCUT2D eigenvalue weighted by atomic mass is 9.90. The van der Waals surface area contributed by atoms with Crippen LogP contribution in [0, 0.1) is 0 Å². The molecule has 0 aliphatic heterocycles. The number of carboxylic acid groups (broad SMARTS) is 1. The summed E-state index contributed by atoms with van der Waals surface area (Å²) in [5.74, 6) is -0.872. The molecule has 20 heavy (non-hydrogen) atoms. The number of carboxylic acids is 1. The van der Waals surface area contributed by atoms with Crippen LogP contribution < -0.4 is 0 Å². The molecule has 0 saturated heterocycles. The zero-order valence-corrected chi connectivity index (χ0v) is 13.9. The Morgan fingerprint density at radius 3 is 2.25 bits per heavy atom. The number of hydrogen-bond donors (Lipinski definition) is 1. The largest absolute Gasteiger partial charge is 0.481 e. The quantitative estimate of drug-likeness (QED) is 0.933. The van der Waals surface area contributed by atoms with Crippen molar-refractivity contribution in [3.8, 4) is 10.7 Å². The van der Waals surface area contributed by atoms with Gasteiger partial charge < -0.3 is 5.11 Å². The third-order valence-corrected chi connectivity index (χ3v) is 5.18. The monoisotopic (exact) mass is 310 g/mol. The summed E-state index contributed by atoms with van der Waals surface area (Å²) >= 11 is 3.05. The van der Waals surface area contributed by atoms with Gasteiger partial charge in [-0.3, -0.25) is 4.79 Å². The van der Waals surface area contributed by atoms with Gasteiger partial charge in [0.2, 0.25) is 0 Å². The van der Waals surface area contributed by atoms with Crippen molar-refractivity contribution in [1.29, 1.82) is 0 Å². The van der Waals surface area contributed by atoms with Crippen molar-refractivity contribution in [2.24, 2.45) is 0 Å². The first-order valence-electron chi connectivity index (χ1n) is 6.28. The Bertz CT molecular complexity index is 636. The maximum Gasteiger partial charge on any atom is 0.315 e. The first kappa shape index (κ1) is 15.1. The maximum absolute atomic E-state index is 11.3.